The fourth-order valence-corrected chi connectivity index (χ4v) is 8.72. The molecular weight excluding hydrogens is 589 g/mol. The van der Waals surface area contributed by atoms with Crippen molar-refractivity contribution in [3.63, 3.8) is 0 Å². The maximum atomic E-state index is 14.0. The quantitative estimate of drug-likeness (QED) is 0.105. The Kier molecular flexibility index (Phi) is 11.9. The molecule has 1 saturated carbocycles. The van der Waals surface area contributed by atoms with Crippen molar-refractivity contribution < 1.29 is 37.9 Å². The van der Waals surface area contributed by atoms with Gasteiger partial charge in [0.05, 0.1) is 23.3 Å². The largest absolute Gasteiger partial charge is 0.454 e. The topological polar surface area (TPSA) is 120 Å². The van der Waals surface area contributed by atoms with Crippen LogP contribution in [-0.4, -0.2) is 97.2 Å². The smallest absolute Gasteiger partial charge is 0.410 e. The minimum Gasteiger partial charge on any atom is -0.454 e. The van der Waals surface area contributed by atoms with Gasteiger partial charge >= 0.3 is 18.0 Å². The normalized spacial score (nSPS) is 26.9. The molecule has 10 nitrogen and oxygen atoms in total. The van der Waals surface area contributed by atoms with Crippen molar-refractivity contribution in [3.8, 4) is 0 Å². The molecule has 1 aliphatic carbocycles. The predicted molar refractivity (Wildman–Crippen MR) is 168 cm³/mol. The Labute approximate surface area is 261 Å². The minimum absolute atomic E-state index is 0.00391. The first-order chi connectivity index (χ1) is 20.1. The Morgan fingerprint density at radius 3 is 2.35 bits per heavy atom. The van der Waals surface area contributed by atoms with Crippen LogP contribution in [0.4, 0.5) is 4.79 Å². The number of carbonyl (C=O) groups is 5. The lowest BCUT2D eigenvalue weighted by Crippen LogP contribution is -2.72. The Balaban J connectivity index is 1.75. The molecule has 0 spiro atoms. The lowest BCUT2D eigenvalue weighted by atomic mass is 9.70. The van der Waals surface area contributed by atoms with E-state index in [1.807, 2.05) is 6.92 Å². The van der Waals surface area contributed by atoms with Crippen molar-refractivity contribution >= 4 is 49.7 Å². The molecule has 0 aromatic carbocycles. The molecule has 3 rings (SSSR count). The van der Waals surface area contributed by atoms with Gasteiger partial charge in [0.25, 0.3) is 0 Å². The van der Waals surface area contributed by atoms with Crippen molar-refractivity contribution in [1.29, 1.82) is 0 Å². The van der Waals surface area contributed by atoms with Gasteiger partial charge in [-0.15, -0.1) is 0 Å². The maximum absolute atomic E-state index is 14.0. The number of likely N-dealkylation sites (tertiary alicyclic amines) is 2. The number of hydrogen-bond acceptors (Lipinski definition) is 9. The third-order valence-corrected chi connectivity index (χ3v) is 15.3. The van der Waals surface area contributed by atoms with E-state index in [0.717, 1.165) is 17.7 Å². The SMILES string of the molecule is C=CCOC(=O)C(=O)N1C(=O)[C@H]([C@@H](C)O[Si](C)(C)C(C)(C)C)[C@H]1[C@H]1CCC[C@H](SC[C@H]2CCN(C(=O)OCC=C)C2)C1=O. The molecule has 0 bridgehead atoms. The van der Waals surface area contributed by atoms with Crippen LogP contribution in [0.15, 0.2) is 25.3 Å². The zero-order valence-electron chi connectivity index (χ0n) is 26.5. The standard InChI is InChI=1S/C31H48N2O8SSi/c1-9-16-39-29(37)28(36)33-25(24(27(33)35)20(3)41-43(7,8)31(4,5)6)22-12-11-13-23(26(22)34)42-19-21-14-15-32(18-21)30(38)40-17-10-2/h9-10,20-25H,1-2,11-19H2,3-8H3/t20-,21+,22-,23+,24-,25-/m1/s1. The summed E-state index contributed by atoms with van der Waals surface area (Å²) in [6.07, 6.45) is 4.81. The summed E-state index contributed by atoms with van der Waals surface area (Å²) in [7, 11) is -2.28. The fraction of sp³-hybridized carbons (Fsp3) is 0.710. The molecule has 0 aromatic heterocycles. The van der Waals surface area contributed by atoms with E-state index in [1.54, 1.807) is 16.7 Å². The molecule has 12 heteroatoms. The summed E-state index contributed by atoms with van der Waals surface area (Å²) in [6.45, 7) is 20.6. The van der Waals surface area contributed by atoms with Crippen LogP contribution in [0, 0.1) is 17.8 Å². The summed E-state index contributed by atoms with van der Waals surface area (Å²) in [6, 6.07) is -0.770. The van der Waals surface area contributed by atoms with Gasteiger partial charge < -0.3 is 18.8 Å². The van der Waals surface area contributed by atoms with E-state index in [1.165, 1.54) is 12.2 Å². The highest BCUT2D eigenvalue weighted by Crippen LogP contribution is 2.45. The highest BCUT2D eigenvalue weighted by molar-refractivity contribution is 8.00. The van der Waals surface area contributed by atoms with E-state index in [4.69, 9.17) is 13.9 Å². The summed E-state index contributed by atoms with van der Waals surface area (Å²) in [4.78, 5) is 67.9. The fourth-order valence-electron chi connectivity index (χ4n) is 5.84. The first-order valence-electron chi connectivity index (χ1n) is 15.1. The number of imide groups is 1. The number of carbonyl (C=O) groups excluding carboxylic acids is 5. The highest BCUT2D eigenvalue weighted by atomic mass is 32.2. The summed E-state index contributed by atoms with van der Waals surface area (Å²) in [5.41, 5.74) is 0. The molecule has 2 heterocycles. The summed E-state index contributed by atoms with van der Waals surface area (Å²) in [5, 5.41) is -0.396. The summed E-state index contributed by atoms with van der Waals surface area (Å²) in [5.74, 6) is -3.06. The van der Waals surface area contributed by atoms with Gasteiger partial charge in [0.1, 0.15) is 13.2 Å². The van der Waals surface area contributed by atoms with Crippen LogP contribution in [0.25, 0.3) is 0 Å². The molecule has 0 N–H and O–H groups in total. The average Bonchev–Trinajstić information content (AvgIpc) is 3.41. The van der Waals surface area contributed by atoms with Gasteiger partial charge in [0.2, 0.25) is 5.91 Å². The number of esters is 1. The van der Waals surface area contributed by atoms with Crippen LogP contribution in [-0.2, 0) is 33.1 Å². The van der Waals surface area contributed by atoms with Crippen molar-refractivity contribution in [2.24, 2.45) is 17.8 Å². The number of nitrogens with zero attached hydrogens (tertiary/aromatic N) is 2. The number of amides is 3. The molecule has 240 valence electrons. The van der Waals surface area contributed by atoms with E-state index in [0.29, 0.717) is 31.7 Å². The van der Waals surface area contributed by atoms with Gasteiger partial charge in [-0.25, -0.2) is 9.59 Å². The van der Waals surface area contributed by atoms with Gasteiger partial charge in [0, 0.05) is 19.0 Å². The second-order valence-corrected chi connectivity index (χ2v) is 19.2. The number of Topliss-reactive ketones (excluding diaryl/α,β-unsaturated/α-hetero) is 1. The second kappa shape index (κ2) is 14.6. The summed E-state index contributed by atoms with van der Waals surface area (Å²) < 4.78 is 16.7. The van der Waals surface area contributed by atoms with E-state index >= 15 is 0 Å². The molecule has 2 saturated heterocycles. The first-order valence-corrected chi connectivity index (χ1v) is 19.1. The maximum Gasteiger partial charge on any atom is 0.410 e. The van der Waals surface area contributed by atoms with Gasteiger partial charge in [-0.3, -0.25) is 19.3 Å². The third-order valence-electron chi connectivity index (χ3n) is 9.19. The number of hydrogen-bond donors (Lipinski definition) is 0. The Bertz CT molecular complexity index is 1110. The number of ether oxygens (including phenoxy) is 2. The Morgan fingerprint density at radius 1 is 1.07 bits per heavy atom. The van der Waals surface area contributed by atoms with Gasteiger partial charge in [-0.05, 0) is 56.0 Å². The number of ketones is 1. The molecule has 3 aliphatic rings. The van der Waals surface area contributed by atoms with Crippen LogP contribution in [0.5, 0.6) is 0 Å². The number of β-lactam (4-membered cyclic amide) rings is 1. The van der Waals surface area contributed by atoms with Gasteiger partial charge in [-0.1, -0.05) is 52.5 Å². The van der Waals surface area contributed by atoms with E-state index in [-0.39, 0.29) is 41.3 Å². The Hall–Kier alpha value is -2.44. The van der Waals surface area contributed by atoms with Crippen LogP contribution >= 0.6 is 11.8 Å². The third kappa shape index (κ3) is 7.99. The zero-order valence-corrected chi connectivity index (χ0v) is 28.3. The van der Waals surface area contributed by atoms with Crippen LogP contribution < -0.4 is 0 Å². The van der Waals surface area contributed by atoms with Gasteiger partial charge in [0.15, 0.2) is 14.1 Å². The lowest BCUT2D eigenvalue weighted by molar-refractivity contribution is -0.183. The van der Waals surface area contributed by atoms with Crippen LogP contribution in [0.3, 0.4) is 0 Å². The second-order valence-electron chi connectivity index (χ2n) is 13.2. The molecule has 2 aliphatic heterocycles. The van der Waals surface area contributed by atoms with E-state index in [2.05, 4.69) is 47.0 Å². The van der Waals surface area contributed by atoms with Crippen molar-refractivity contribution in [2.75, 3.05) is 32.1 Å². The lowest BCUT2D eigenvalue weighted by Gasteiger charge is -2.53. The van der Waals surface area contributed by atoms with E-state index < -0.39 is 50.1 Å². The van der Waals surface area contributed by atoms with Crippen molar-refractivity contribution in [3.05, 3.63) is 25.3 Å². The molecule has 3 fully saturated rings. The highest BCUT2D eigenvalue weighted by Gasteiger charge is 2.60. The predicted octanol–water partition coefficient (Wildman–Crippen LogP) is 4.60. The average molecular weight is 637 g/mol. The monoisotopic (exact) mass is 636 g/mol. The van der Waals surface area contributed by atoms with Gasteiger partial charge in [-0.2, -0.15) is 11.8 Å². The number of thioether (sulfide) groups is 1. The van der Waals surface area contributed by atoms with Crippen LogP contribution in [0.1, 0.15) is 53.4 Å². The molecule has 43 heavy (non-hydrogen) atoms. The molecule has 3 amide bonds. The van der Waals surface area contributed by atoms with E-state index in [9.17, 15) is 24.0 Å². The molecular formula is C31H48N2O8SSi. The van der Waals surface area contributed by atoms with Crippen molar-refractivity contribution in [1.82, 2.24) is 9.80 Å². The van der Waals surface area contributed by atoms with Crippen LogP contribution in [0.2, 0.25) is 18.1 Å². The Morgan fingerprint density at radius 2 is 1.72 bits per heavy atom. The minimum atomic E-state index is -2.28. The summed E-state index contributed by atoms with van der Waals surface area (Å²) >= 11 is 1.58. The molecule has 0 aromatic rings. The molecule has 6 atom stereocenters. The molecule has 0 radical (unpaired) electrons. The molecule has 0 unspecified atom stereocenters. The first kappa shape index (κ1) is 35.0. The zero-order chi connectivity index (χ0) is 32.1. The van der Waals surface area contributed by atoms with Crippen molar-refractivity contribution in [2.45, 2.75) is 88.9 Å². The number of rotatable bonds is 11.